The highest BCUT2D eigenvalue weighted by Crippen LogP contribution is 2.53. The van der Waals surface area contributed by atoms with Gasteiger partial charge in [-0.15, -0.1) is 0 Å². The molecule has 0 heterocycles. The largest absolute Gasteiger partial charge is 0.199 e. The minimum atomic E-state index is 0.119. The number of nitrogens with zero attached hydrogens (tertiary/aromatic N) is 1. The second-order valence-corrected chi connectivity index (χ2v) is 3.49. The summed E-state index contributed by atoms with van der Waals surface area (Å²) in [7, 11) is 1.10. The van der Waals surface area contributed by atoms with Gasteiger partial charge in [0.15, 0.2) is 0 Å². The van der Waals surface area contributed by atoms with E-state index in [1.165, 1.54) is 0 Å². The van der Waals surface area contributed by atoms with E-state index < -0.39 is 0 Å². The predicted octanol–water partition coefficient (Wildman–Crippen LogP) is 1.73. The molecule has 0 unspecified atom stereocenters. The molecule has 1 saturated carbocycles. The van der Waals surface area contributed by atoms with E-state index in [9.17, 15) is 0 Å². The van der Waals surface area contributed by atoms with Crippen LogP contribution < -0.4 is 0 Å². The second-order valence-electron chi connectivity index (χ2n) is 3.49. The van der Waals surface area contributed by atoms with Gasteiger partial charge in [-0.05, 0) is 12.8 Å². The van der Waals surface area contributed by atoms with Crippen LogP contribution >= 0.6 is 0 Å². The van der Waals surface area contributed by atoms with Crippen molar-refractivity contribution in [3.05, 3.63) is 0 Å². The van der Waals surface area contributed by atoms with Gasteiger partial charge < -0.3 is 0 Å². The van der Waals surface area contributed by atoms with Crippen molar-refractivity contribution in [1.29, 1.82) is 5.26 Å². The van der Waals surface area contributed by atoms with Gasteiger partial charge in [-0.2, -0.15) is 5.26 Å². The van der Waals surface area contributed by atoms with Crippen molar-refractivity contribution in [3.63, 3.8) is 0 Å². The van der Waals surface area contributed by atoms with Gasteiger partial charge in [0.2, 0.25) is 0 Å². The van der Waals surface area contributed by atoms with Gasteiger partial charge in [0, 0.05) is 5.31 Å². The average Bonchev–Trinajstić information content (AvgIpc) is 2.48. The lowest BCUT2D eigenvalue weighted by Crippen LogP contribution is -2.04. The maximum absolute atomic E-state index is 8.66. The highest BCUT2D eigenvalue weighted by atomic mass is 14.4. The molecule has 9 heavy (non-hydrogen) atoms. The minimum Gasteiger partial charge on any atom is -0.199 e. The van der Waals surface area contributed by atoms with E-state index in [-0.39, 0.29) is 5.31 Å². The molecule has 1 aliphatic rings. The monoisotopic (exact) mass is 121 g/mol. The molecule has 0 atom stereocenters. The Hall–Kier alpha value is -0.445. The zero-order valence-electron chi connectivity index (χ0n) is 6.15. The third-order valence-corrected chi connectivity index (χ3v) is 1.89. The van der Waals surface area contributed by atoms with Gasteiger partial charge in [-0.1, -0.05) is 19.7 Å². The van der Waals surface area contributed by atoms with Crippen LogP contribution in [0.2, 0.25) is 11.1 Å². The summed E-state index contributed by atoms with van der Waals surface area (Å²) >= 11 is 0. The number of nitriles is 1. The molecule has 48 valence electrons. The van der Waals surface area contributed by atoms with E-state index >= 15 is 0 Å². The SMILES string of the molecule is CC(C)BC1(C#N)CC1. The van der Waals surface area contributed by atoms with Crippen molar-refractivity contribution in [2.45, 2.75) is 37.8 Å². The fourth-order valence-corrected chi connectivity index (χ4v) is 1.29. The molecule has 1 nitrogen and oxygen atoms in total. The molecule has 0 aromatic carbocycles. The third-order valence-electron chi connectivity index (χ3n) is 1.89. The zero-order valence-corrected chi connectivity index (χ0v) is 6.15. The summed E-state index contributed by atoms with van der Waals surface area (Å²) in [5.74, 6) is 0.687. The highest BCUT2D eigenvalue weighted by molar-refractivity contribution is 6.44. The maximum atomic E-state index is 8.66. The summed E-state index contributed by atoms with van der Waals surface area (Å²) in [5.41, 5.74) is 0. The lowest BCUT2D eigenvalue weighted by molar-refractivity contribution is 0.997. The topological polar surface area (TPSA) is 23.8 Å². The lowest BCUT2D eigenvalue weighted by atomic mass is 9.54. The summed E-state index contributed by atoms with van der Waals surface area (Å²) in [4.78, 5) is 0. The number of hydrogen-bond acceptors (Lipinski definition) is 1. The lowest BCUT2D eigenvalue weighted by Gasteiger charge is -2.04. The van der Waals surface area contributed by atoms with Crippen molar-refractivity contribution >= 4 is 7.28 Å². The first-order chi connectivity index (χ1) is 4.18. The van der Waals surface area contributed by atoms with Crippen LogP contribution in [-0.4, -0.2) is 7.28 Å². The van der Waals surface area contributed by atoms with Crippen molar-refractivity contribution in [3.8, 4) is 6.07 Å². The first kappa shape index (κ1) is 6.67. The van der Waals surface area contributed by atoms with Crippen molar-refractivity contribution in [2.75, 3.05) is 0 Å². The van der Waals surface area contributed by atoms with Crippen LogP contribution in [0.5, 0.6) is 0 Å². The van der Waals surface area contributed by atoms with E-state index in [1.807, 2.05) is 0 Å². The Kier molecular flexibility index (Phi) is 1.53. The van der Waals surface area contributed by atoms with Crippen molar-refractivity contribution in [2.24, 2.45) is 0 Å². The van der Waals surface area contributed by atoms with Gasteiger partial charge in [-0.25, -0.2) is 0 Å². The second kappa shape index (κ2) is 2.06. The summed E-state index contributed by atoms with van der Waals surface area (Å²) in [6.07, 6.45) is 2.28. The van der Waals surface area contributed by atoms with Gasteiger partial charge in [-0.3, -0.25) is 0 Å². The average molecular weight is 121 g/mol. The molecule has 0 amide bonds. The molecule has 0 saturated heterocycles. The van der Waals surface area contributed by atoms with Crippen LogP contribution in [0.25, 0.3) is 0 Å². The normalized spacial score (nSPS) is 21.1. The van der Waals surface area contributed by atoms with E-state index in [0.29, 0.717) is 5.82 Å². The Morgan fingerprint density at radius 1 is 1.56 bits per heavy atom. The third kappa shape index (κ3) is 1.48. The van der Waals surface area contributed by atoms with E-state index in [4.69, 9.17) is 5.26 Å². The molecule has 2 heteroatoms. The summed E-state index contributed by atoms with van der Waals surface area (Å²) in [6.45, 7) is 4.36. The predicted molar refractivity (Wildman–Crippen MR) is 39.8 cm³/mol. The zero-order chi connectivity index (χ0) is 6.91. The Labute approximate surface area is 57.3 Å². The van der Waals surface area contributed by atoms with Crippen LogP contribution in [0.3, 0.4) is 0 Å². The van der Waals surface area contributed by atoms with Crippen molar-refractivity contribution < 1.29 is 0 Å². The first-order valence-electron chi connectivity index (χ1n) is 3.60. The number of rotatable bonds is 2. The molecule has 0 aromatic rings. The molecule has 0 radical (unpaired) electrons. The summed E-state index contributed by atoms with van der Waals surface area (Å²) in [6, 6.07) is 2.38. The smallest absolute Gasteiger partial charge is 0.149 e. The van der Waals surface area contributed by atoms with Crippen LogP contribution in [0.4, 0.5) is 0 Å². The molecular formula is C7H12BN. The Morgan fingerprint density at radius 3 is 2.22 bits per heavy atom. The molecule has 1 aliphatic carbocycles. The van der Waals surface area contributed by atoms with E-state index in [0.717, 1.165) is 20.1 Å². The molecule has 0 aliphatic heterocycles. The Morgan fingerprint density at radius 2 is 2.11 bits per heavy atom. The highest BCUT2D eigenvalue weighted by Gasteiger charge is 2.43. The van der Waals surface area contributed by atoms with Gasteiger partial charge in [0.25, 0.3) is 0 Å². The molecule has 1 rings (SSSR count). The van der Waals surface area contributed by atoms with Crippen LogP contribution in [0.1, 0.15) is 26.7 Å². The fraction of sp³-hybridized carbons (Fsp3) is 0.857. The fourth-order valence-electron chi connectivity index (χ4n) is 1.29. The molecule has 0 aromatic heterocycles. The summed E-state index contributed by atoms with van der Waals surface area (Å²) in [5, 5.41) is 8.77. The quantitative estimate of drug-likeness (QED) is 0.510. The van der Waals surface area contributed by atoms with Crippen LogP contribution in [0, 0.1) is 11.3 Å². The Bertz CT molecular complexity index is 141. The standard InChI is InChI=1S/C7H12BN/c1-6(2)8-7(5-9)3-4-7/h6,8H,3-4H2,1-2H3. The molecule has 0 bridgehead atoms. The minimum absolute atomic E-state index is 0.119. The molecule has 0 spiro atoms. The molecular weight excluding hydrogens is 109 g/mol. The van der Waals surface area contributed by atoms with E-state index in [1.54, 1.807) is 0 Å². The Balaban J connectivity index is 2.36. The number of hydrogen-bond donors (Lipinski definition) is 0. The first-order valence-corrected chi connectivity index (χ1v) is 3.60. The van der Waals surface area contributed by atoms with E-state index in [2.05, 4.69) is 19.9 Å². The van der Waals surface area contributed by atoms with Crippen LogP contribution in [-0.2, 0) is 0 Å². The maximum Gasteiger partial charge on any atom is 0.149 e. The molecule has 0 N–H and O–H groups in total. The van der Waals surface area contributed by atoms with Gasteiger partial charge in [0.05, 0.1) is 6.07 Å². The van der Waals surface area contributed by atoms with Crippen LogP contribution in [0.15, 0.2) is 0 Å². The summed E-state index contributed by atoms with van der Waals surface area (Å²) < 4.78 is 0. The molecule has 1 fully saturated rings. The van der Waals surface area contributed by atoms with Gasteiger partial charge >= 0.3 is 0 Å². The van der Waals surface area contributed by atoms with Gasteiger partial charge in [0.1, 0.15) is 7.28 Å². The van der Waals surface area contributed by atoms with Crippen molar-refractivity contribution in [1.82, 2.24) is 0 Å².